The van der Waals surface area contributed by atoms with Gasteiger partial charge >= 0.3 is 5.97 Å². The highest BCUT2D eigenvalue weighted by Crippen LogP contribution is 2.39. The van der Waals surface area contributed by atoms with E-state index in [1.54, 1.807) is 7.11 Å². The third kappa shape index (κ3) is 4.26. The molecule has 0 spiro atoms. The average Bonchev–Trinajstić information content (AvgIpc) is 3.43. The summed E-state index contributed by atoms with van der Waals surface area (Å²) < 4.78 is 10.2. The summed E-state index contributed by atoms with van der Waals surface area (Å²) >= 11 is 2.54. The quantitative estimate of drug-likeness (QED) is 0.332. The molecule has 35 heavy (non-hydrogen) atoms. The second-order valence-corrected chi connectivity index (χ2v) is 10.5. The number of thiophene rings is 2. The molecule has 0 aliphatic heterocycles. The zero-order chi connectivity index (χ0) is 24.7. The summed E-state index contributed by atoms with van der Waals surface area (Å²) in [7, 11) is 2.92. The highest BCUT2D eigenvalue weighted by molar-refractivity contribution is 7.21. The molecule has 1 aliphatic carbocycles. The van der Waals surface area contributed by atoms with Gasteiger partial charge in [-0.1, -0.05) is 19.1 Å². The summed E-state index contributed by atoms with van der Waals surface area (Å²) in [6, 6.07) is 9.44. The minimum absolute atomic E-state index is 0.304. The van der Waals surface area contributed by atoms with Crippen LogP contribution >= 0.6 is 22.7 Å². The molecular formula is C26H25N3O4S2. The number of hydrogen-bond acceptors (Lipinski definition) is 8. The van der Waals surface area contributed by atoms with Gasteiger partial charge in [-0.3, -0.25) is 4.79 Å². The maximum Gasteiger partial charge on any atom is 0.341 e. The summed E-state index contributed by atoms with van der Waals surface area (Å²) in [5.74, 6) is 0.423. The maximum atomic E-state index is 13.3. The van der Waals surface area contributed by atoms with Crippen molar-refractivity contribution in [2.45, 2.75) is 26.2 Å². The van der Waals surface area contributed by atoms with Crippen molar-refractivity contribution in [2.24, 2.45) is 5.92 Å². The summed E-state index contributed by atoms with van der Waals surface area (Å²) in [6.45, 7) is 2.24. The van der Waals surface area contributed by atoms with Crippen molar-refractivity contribution in [2.75, 3.05) is 25.3 Å². The van der Waals surface area contributed by atoms with Crippen molar-refractivity contribution in [3.63, 3.8) is 0 Å². The maximum absolute atomic E-state index is 13.3. The molecule has 5 rings (SSSR count). The van der Waals surface area contributed by atoms with Gasteiger partial charge in [0.1, 0.15) is 26.0 Å². The minimum atomic E-state index is -0.528. The number of benzene rings is 1. The molecule has 1 amide bonds. The molecule has 4 aromatic rings. The number of methoxy groups -OCH3 is 2. The molecule has 3 N–H and O–H groups in total. The molecule has 0 fully saturated rings. The molecule has 1 aromatic carbocycles. The van der Waals surface area contributed by atoms with E-state index in [-0.39, 0.29) is 5.91 Å². The van der Waals surface area contributed by atoms with Crippen molar-refractivity contribution in [1.82, 2.24) is 4.98 Å². The van der Waals surface area contributed by atoms with E-state index >= 15 is 0 Å². The van der Waals surface area contributed by atoms with Crippen LogP contribution in [0, 0.1) is 5.92 Å². The Morgan fingerprint density at radius 3 is 2.69 bits per heavy atom. The average molecular weight is 508 g/mol. The number of anilines is 2. The number of pyridine rings is 1. The predicted molar refractivity (Wildman–Crippen MR) is 141 cm³/mol. The zero-order valence-corrected chi connectivity index (χ0v) is 21.3. The Balaban J connectivity index is 1.49. The molecule has 1 aliphatic rings. The first kappa shape index (κ1) is 23.3. The van der Waals surface area contributed by atoms with E-state index in [1.807, 2.05) is 29.6 Å². The van der Waals surface area contributed by atoms with Crippen molar-refractivity contribution < 1.29 is 19.1 Å². The second-order valence-electron chi connectivity index (χ2n) is 8.67. The zero-order valence-electron chi connectivity index (χ0n) is 19.6. The van der Waals surface area contributed by atoms with Crippen LogP contribution in [0.1, 0.15) is 44.6 Å². The van der Waals surface area contributed by atoms with Crippen molar-refractivity contribution in [1.29, 1.82) is 0 Å². The van der Waals surface area contributed by atoms with Gasteiger partial charge < -0.3 is 20.5 Å². The first-order valence-electron chi connectivity index (χ1n) is 11.3. The molecule has 0 saturated carbocycles. The molecule has 180 valence electrons. The lowest BCUT2D eigenvalue weighted by Gasteiger charge is -2.20. The Morgan fingerprint density at radius 2 is 1.97 bits per heavy atom. The third-order valence-electron chi connectivity index (χ3n) is 6.35. The molecular weight excluding hydrogens is 482 g/mol. The second kappa shape index (κ2) is 9.31. The van der Waals surface area contributed by atoms with E-state index in [1.165, 1.54) is 35.3 Å². The summed E-state index contributed by atoms with van der Waals surface area (Å²) in [5, 5.41) is 5.94. The van der Waals surface area contributed by atoms with Crippen molar-refractivity contribution in [3.8, 4) is 16.9 Å². The van der Waals surface area contributed by atoms with Gasteiger partial charge in [0, 0.05) is 22.0 Å². The van der Waals surface area contributed by atoms with E-state index in [4.69, 9.17) is 20.2 Å². The van der Waals surface area contributed by atoms with E-state index in [0.717, 1.165) is 40.7 Å². The van der Waals surface area contributed by atoms with Gasteiger partial charge in [-0.2, -0.15) is 0 Å². The monoisotopic (exact) mass is 507 g/mol. The highest BCUT2D eigenvalue weighted by atomic mass is 32.1. The number of nitrogens with zero attached hydrogens (tertiary/aromatic N) is 1. The number of nitrogen functional groups attached to an aromatic ring is 1. The topological polar surface area (TPSA) is 104 Å². The number of nitrogens with two attached hydrogens (primary N) is 1. The molecule has 3 aromatic heterocycles. The molecule has 3 heterocycles. The number of carbonyl (C=O) groups excluding carboxylic acids is 2. The van der Waals surface area contributed by atoms with E-state index in [9.17, 15) is 9.59 Å². The van der Waals surface area contributed by atoms with Crippen LogP contribution in [0.25, 0.3) is 21.3 Å². The number of hydrogen-bond donors (Lipinski definition) is 2. The number of ether oxygens (including phenoxy) is 2. The van der Waals surface area contributed by atoms with Gasteiger partial charge in [-0.05, 0) is 54.5 Å². The van der Waals surface area contributed by atoms with E-state index < -0.39 is 5.97 Å². The first-order valence-corrected chi connectivity index (χ1v) is 13.0. The number of aromatic nitrogens is 1. The van der Waals surface area contributed by atoms with Gasteiger partial charge in [0.15, 0.2) is 0 Å². The molecule has 1 atom stereocenters. The Morgan fingerprint density at radius 1 is 1.20 bits per heavy atom. The fraction of sp³-hybridized carbons (Fsp3) is 0.269. The number of fused-ring (bicyclic) bond motifs is 2. The normalized spacial score (nSPS) is 15.0. The van der Waals surface area contributed by atoms with E-state index in [2.05, 4.69) is 18.3 Å². The fourth-order valence-electron chi connectivity index (χ4n) is 4.44. The third-order valence-corrected chi connectivity index (χ3v) is 8.36. The summed E-state index contributed by atoms with van der Waals surface area (Å²) in [6.07, 6.45) is 3.03. The van der Waals surface area contributed by atoms with Crippen LogP contribution in [-0.4, -0.2) is 31.1 Å². The Kier molecular flexibility index (Phi) is 6.21. The van der Waals surface area contributed by atoms with Crippen LogP contribution in [-0.2, 0) is 17.6 Å². The van der Waals surface area contributed by atoms with Gasteiger partial charge in [0.2, 0.25) is 0 Å². The minimum Gasteiger partial charge on any atom is -0.497 e. The lowest BCUT2D eigenvalue weighted by atomic mass is 9.87. The SMILES string of the molecule is COC(=O)c1c(-c2ccc(OC)cc2)csc1NC(=O)c1sc2nc3c(cc2c1N)CC(C)CC3. The standard InChI is InChI=1S/C26H25N3O4S2/c1-13-4-9-19-15(10-13)11-17-21(27)22(35-24(17)28-19)23(30)29-25-20(26(31)33-3)18(12-34-25)14-5-7-16(32-2)8-6-14/h5-8,11-13H,4,9-10,27H2,1-3H3,(H,29,30). The van der Waals surface area contributed by atoms with E-state index in [0.29, 0.717) is 38.4 Å². The van der Waals surface area contributed by atoms with Crippen LogP contribution in [0.2, 0.25) is 0 Å². The molecule has 0 radical (unpaired) electrons. The predicted octanol–water partition coefficient (Wildman–Crippen LogP) is 5.78. The molecule has 0 bridgehead atoms. The largest absolute Gasteiger partial charge is 0.497 e. The lowest BCUT2D eigenvalue weighted by molar-refractivity contribution is 0.0603. The number of nitrogens with one attached hydrogen (secondary N) is 1. The van der Waals surface area contributed by atoms with Gasteiger partial charge in [0.25, 0.3) is 5.91 Å². The summed E-state index contributed by atoms with van der Waals surface area (Å²) in [4.78, 5) is 32.0. The molecule has 9 heteroatoms. The number of amides is 1. The van der Waals surface area contributed by atoms with Crippen LogP contribution in [0.5, 0.6) is 5.75 Å². The fourth-order valence-corrected chi connectivity index (χ4v) is 6.38. The van der Waals surface area contributed by atoms with Gasteiger partial charge in [-0.25, -0.2) is 9.78 Å². The lowest BCUT2D eigenvalue weighted by Crippen LogP contribution is -2.14. The van der Waals surface area contributed by atoms with Gasteiger partial charge in [-0.15, -0.1) is 22.7 Å². The molecule has 7 nitrogen and oxygen atoms in total. The van der Waals surface area contributed by atoms with Crippen molar-refractivity contribution >= 4 is 55.5 Å². The first-order chi connectivity index (χ1) is 16.9. The van der Waals surface area contributed by atoms with Crippen LogP contribution < -0.4 is 15.8 Å². The Labute approximate surface area is 210 Å². The Bertz CT molecular complexity index is 1440. The Hall–Kier alpha value is -3.43. The molecule has 0 saturated heterocycles. The molecule has 1 unspecified atom stereocenters. The summed E-state index contributed by atoms with van der Waals surface area (Å²) in [5.41, 5.74) is 10.9. The smallest absolute Gasteiger partial charge is 0.341 e. The van der Waals surface area contributed by atoms with Crippen molar-refractivity contribution in [3.05, 3.63) is 57.4 Å². The van der Waals surface area contributed by atoms with Crippen LogP contribution in [0.15, 0.2) is 35.7 Å². The number of aryl methyl sites for hydroxylation is 1. The number of carbonyl (C=O) groups is 2. The van der Waals surface area contributed by atoms with Gasteiger partial charge in [0.05, 0.1) is 19.9 Å². The highest BCUT2D eigenvalue weighted by Gasteiger charge is 2.26. The van der Waals surface area contributed by atoms with Crippen LogP contribution in [0.3, 0.4) is 0 Å². The number of esters is 1. The number of rotatable bonds is 5. The van der Waals surface area contributed by atoms with Crippen LogP contribution in [0.4, 0.5) is 10.7 Å².